The predicted octanol–water partition coefficient (Wildman–Crippen LogP) is 2.36. The summed E-state index contributed by atoms with van der Waals surface area (Å²) in [6.07, 6.45) is 4.74. The second-order valence-corrected chi connectivity index (χ2v) is 8.14. The molecule has 28 heavy (non-hydrogen) atoms. The third-order valence-corrected chi connectivity index (χ3v) is 6.24. The number of thiazole rings is 1. The molecule has 0 unspecified atom stereocenters. The number of nitrogens with one attached hydrogen (secondary N) is 1. The fourth-order valence-corrected chi connectivity index (χ4v) is 4.32. The Kier molecular flexibility index (Phi) is 9.93. The Balaban J connectivity index is 0.00000280. The van der Waals surface area contributed by atoms with Crippen molar-refractivity contribution in [2.24, 2.45) is 10.9 Å². The van der Waals surface area contributed by atoms with Crippen LogP contribution in [0.5, 0.6) is 0 Å². The highest BCUT2D eigenvalue weighted by molar-refractivity contribution is 14.0. The number of piperidine rings is 1. The Hall–Kier alpha value is -0.940. The van der Waals surface area contributed by atoms with Crippen molar-refractivity contribution in [3.63, 3.8) is 0 Å². The van der Waals surface area contributed by atoms with E-state index < -0.39 is 0 Å². The molecular formula is C19H32IN5O2S. The Labute approximate surface area is 189 Å². The van der Waals surface area contributed by atoms with Gasteiger partial charge in [0, 0.05) is 49.7 Å². The number of rotatable bonds is 5. The van der Waals surface area contributed by atoms with E-state index in [0.29, 0.717) is 25.7 Å². The van der Waals surface area contributed by atoms with Crippen LogP contribution < -0.4 is 5.32 Å². The summed E-state index contributed by atoms with van der Waals surface area (Å²) in [6, 6.07) is 0. The summed E-state index contributed by atoms with van der Waals surface area (Å²) in [6.45, 7) is 10.2. The van der Waals surface area contributed by atoms with Crippen LogP contribution in [0.15, 0.2) is 11.2 Å². The zero-order chi connectivity index (χ0) is 19.1. The molecule has 0 aromatic carbocycles. The maximum absolute atomic E-state index is 12.7. The Morgan fingerprint density at radius 2 is 1.96 bits per heavy atom. The first kappa shape index (κ1) is 23.3. The molecular weight excluding hydrogens is 489 g/mol. The summed E-state index contributed by atoms with van der Waals surface area (Å²) in [7, 11) is 0. The minimum Gasteiger partial charge on any atom is -0.378 e. The number of hydrogen-bond donors (Lipinski definition) is 1. The van der Waals surface area contributed by atoms with Gasteiger partial charge in [-0.15, -0.1) is 35.3 Å². The average Bonchev–Trinajstić information content (AvgIpc) is 3.19. The maximum Gasteiger partial charge on any atom is 0.225 e. The van der Waals surface area contributed by atoms with Crippen molar-refractivity contribution in [3.05, 3.63) is 16.1 Å². The maximum atomic E-state index is 12.7. The van der Waals surface area contributed by atoms with E-state index in [2.05, 4.69) is 29.0 Å². The van der Waals surface area contributed by atoms with Crippen molar-refractivity contribution in [2.45, 2.75) is 39.7 Å². The zero-order valence-corrected chi connectivity index (χ0v) is 20.0. The van der Waals surface area contributed by atoms with E-state index in [1.54, 1.807) is 11.3 Å². The first-order valence-corrected chi connectivity index (χ1v) is 10.9. The molecule has 1 aromatic rings. The molecule has 9 heteroatoms. The molecule has 0 spiro atoms. The van der Waals surface area contributed by atoms with E-state index in [9.17, 15) is 4.79 Å². The molecule has 0 aliphatic carbocycles. The molecule has 1 N–H and O–H groups in total. The van der Waals surface area contributed by atoms with Crippen LogP contribution in [0, 0.1) is 5.92 Å². The fourth-order valence-electron chi connectivity index (χ4n) is 3.53. The molecule has 2 fully saturated rings. The fraction of sp³-hybridized carbons (Fsp3) is 0.737. The molecule has 3 heterocycles. The number of likely N-dealkylation sites (tertiary alicyclic amines) is 1. The minimum atomic E-state index is 0. The lowest BCUT2D eigenvalue weighted by Gasteiger charge is -2.36. The zero-order valence-electron chi connectivity index (χ0n) is 16.9. The van der Waals surface area contributed by atoms with E-state index >= 15 is 0 Å². The summed E-state index contributed by atoms with van der Waals surface area (Å²) < 4.78 is 5.35. The van der Waals surface area contributed by atoms with Gasteiger partial charge in [0.15, 0.2) is 5.96 Å². The minimum absolute atomic E-state index is 0. The Bertz CT molecular complexity index is 640. The highest BCUT2D eigenvalue weighted by atomic mass is 127. The average molecular weight is 521 g/mol. The number of carbonyl (C=O) groups excluding carboxylic acids is 1. The quantitative estimate of drug-likeness (QED) is 0.366. The summed E-state index contributed by atoms with van der Waals surface area (Å²) in [5, 5.41) is 4.45. The number of guanidine groups is 1. The second-order valence-electron chi connectivity index (χ2n) is 6.94. The van der Waals surface area contributed by atoms with E-state index in [4.69, 9.17) is 9.73 Å². The molecule has 2 aliphatic heterocycles. The second kappa shape index (κ2) is 11.9. The molecule has 0 bridgehead atoms. The van der Waals surface area contributed by atoms with Gasteiger partial charge in [-0.05, 0) is 26.2 Å². The van der Waals surface area contributed by atoms with Crippen molar-refractivity contribution in [3.8, 4) is 0 Å². The number of halogens is 1. The molecule has 1 aromatic heterocycles. The number of aromatic nitrogens is 1. The van der Waals surface area contributed by atoms with Gasteiger partial charge in [0.05, 0.1) is 19.8 Å². The third-order valence-electron chi connectivity index (χ3n) is 5.12. The van der Waals surface area contributed by atoms with Gasteiger partial charge in [0.1, 0.15) is 5.01 Å². The van der Waals surface area contributed by atoms with Gasteiger partial charge in [0.2, 0.25) is 5.91 Å². The largest absolute Gasteiger partial charge is 0.378 e. The highest BCUT2D eigenvalue weighted by Crippen LogP contribution is 2.21. The molecule has 7 nitrogen and oxygen atoms in total. The lowest BCUT2D eigenvalue weighted by molar-refractivity contribution is -0.140. The van der Waals surface area contributed by atoms with Crippen molar-refractivity contribution in [1.29, 1.82) is 0 Å². The summed E-state index contributed by atoms with van der Waals surface area (Å²) in [4.78, 5) is 27.5. The third kappa shape index (κ3) is 6.28. The molecule has 3 rings (SSSR count). The number of aliphatic imine (C=N–C) groups is 1. The van der Waals surface area contributed by atoms with Gasteiger partial charge in [-0.2, -0.15) is 0 Å². The number of hydrogen-bond acceptors (Lipinski definition) is 5. The normalized spacial score (nSPS) is 18.7. The topological polar surface area (TPSA) is 70.1 Å². The summed E-state index contributed by atoms with van der Waals surface area (Å²) in [5.41, 5.74) is 0. The van der Waals surface area contributed by atoms with Crippen molar-refractivity contribution in [2.75, 3.05) is 45.9 Å². The van der Waals surface area contributed by atoms with Gasteiger partial charge in [-0.3, -0.25) is 4.79 Å². The van der Waals surface area contributed by atoms with Crippen molar-refractivity contribution >= 4 is 47.2 Å². The van der Waals surface area contributed by atoms with Crippen LogP contribution in [-0.4, -0.2) is 72.6 Å². The number of amides is 1. The van der Waals surface area contributed by atoms with Crippen LogP contribution in [0.2, 0.25) is 0 Å². The summed E-state index contributed by atoms with van der Waals surface area (Å²) in [5.74, 6) is 1.37. The van der Waals surface area contributed by atoms with Crippen LogP contribution in [0.25, 0.3) is 0 Å². The van der Waals surface area contributed by atoms with Gasteiger partial charge >= 0.3 is 0 Å². The van der Waals surface area contributed by atoms with Gasteiger partial charge < -0.3 is 19.9 Å². The van der Waals surface area contributed by atoms with Crippen LogP contribution in [0.4, 0.5) is 0 Å². The predicted molar refractivity (Wildman–Crippen MR) is 123 cm³/mol. The van der Waals surface area contributed by atoms with E-state index in [0.717, 1.165) is 63.0 Å². The van der Waals surface area contributed by atoms with Crippen LogP contribution in [-0.2, 0) is 22.5 Å². The molecule has 2 aliphatic rings. The van der Waals surface area contributed by atoms with Crippen LogP contribution in [0.1, 0.15) is 36.6 Å². The lowest BCUT2D eigenvalue weighted by Crippen LogP contribution is -2.50. The van der Waals surface area contributed by atoms with Gasteiger partial charge in [-0.1, -0.05) is 6.92 Å². The molecule has 0 atom stereocenters. The van der Waals surface area contributed by atoms with E-state index in [1.165, 1.54) is 4.88 Å². The highest BCUT2D eigenvalue weighted by Gasteiger charge is 2.30. The van der Waals surface area contributed by atoms with E-state index in [1.807, 2.05) is 11.1 Å². The Morgan fingerprint density at radius 1 is 1.25 bits per heavy atom. The standard InChI is InChI=1S/C19H31N5O2S.HI/c1-3-16-13-21-17(27-16)14-22-19(20-4-2)24-7-5-15(6-8-24)18(25)23-9-11-26-12-10-23;/h13,15H,3-12,14H2,1-2H3,(H,20,22);1H. The van der Waals surface area contributed by atoms with Crippen LogP contribution in [0.3, 0.4) is 0 Å². The van der Waals surface area contributed by atoms with Gasteiger partial charge in [-0.25, -0.2) is 9.98 Å². The lowest BCUT2D eigenvalue weighted by atomic mass is 9.95. The molecule has 158 valence electrons. The van der Waals surface area contributed by atoms with Crippen LogP contribution >= 0.6 is 35.3 Å². The number of ether oxygens (including phenoxy) is 1. The number of carbonyl (C=O) groups is 1. The molecule has 0 radical (unpaired) electrons. The SMILES string of the molecule is CCNC(=NCc1ncc(CC)s1)N1CCC(C(=O)N2CCOCC2)CC1.I. The molecule has 2 saturated heterocycles. The number of aryl methyl sites for hydroxylation is 1. The summed E-state index contributed by atoms with van der Waals surface area (Å²) >= 11 is 1.73. The number of nitrogens with zero attached hydrogens (tertiary/aromatic N) is 4. The van der Waals surface area contributed by atoms with Crippen molar-refractivity contribution < 1.29 is 9.53 Å². The smallest absolute Gasteiger partial charge is 0.225 e. The van der Waals surface area contributed by atoms with Gasteiger partial charge in [0.25, 0.3) is 0 Å². The monoisotopic (exact) mass is 521 g/mol. The number of morpholine rings is 1. The van der Waals surface area contributed by atoms with Crippen molar-refractivity contribution in [1.82, 2.24) is 20.1 Å². The molecule has 1 amide bonds. The first-order valence-electron chi connectivity index (χ1n) is 10.0. The van der Waals surface area contributed by atoms with E-state index in [-0.39, 0.29) is 29.9 Å². The Morgan fingerprint density at radius 3 is 2.57 bits per heavy atom. The molecule has 0 saturated carbocycles. The first-order chi connectivity index (χ1) is 13.2.